The first kappa shape index (κ1) is 15.4. The van der Waals surface area contributed by atoms with Crippen molar-refractivity contribution in [1.29, 1.82) is 0 Å². The second-order valence-electron chi connectivity index (χ2n) is 4.40. The van der Waals surface area contributed by atoms with E-state index in [1.165, 1.54) is 24.5 Å². The third-order valence-corrected chi connectivity index (χ3v) is 2.76. The number of nitrogens with one attached hydrogen (secondary N) is 2. The Bertz CT molecular complexity index is 679. The van der Waals surface area contributed by atoms with Crippen LogP contribution >= 0.6 is 0 Å². The van der Waals surface area contributed by atoms with E-state index in [0.29, 0.717) is 11.3 Å². The summed E-state index contributed by atoms with van der Waals surface area (Å²) in [7, 11) is 0. The van der Waals surface area contributed by atoms with Crippen molar-refractivity contribution in [2.24, 2.45) is 5.10 Å². The van der Waals surface area contributed by atoms with E-state index in [1.54, 1.807) is 25.1 Å². The van der Waals surface area contributed by atoms with E-state index in [9.17, 15) is 14.0 Å². The minimum absolute atomic E-state index is 0.124. The predicted molar refractivity (Wildman–Crippen MR) is 77.8 cm³/mol. The fourth-order valence-electron chi connectivity index (χ4n) is 1.60. The third kappa shape index (κ3) is 4.27. The van der Waals surface area contributed by atoms with Crippen molar-refractivity contribution in [3.8, 4) is 0 Å². The lowest BCUT2D eigenvalue weighted by Crippen LogP contribution is -2.35. The maximum Gasteiger partial charge on any atom is 0.287 e. The number of furan rings is 1. The molecule has 7 heteroatoms. The Morgan fingerprint density at radius 1 is 1.23 bits per heavy atom. The van der Waals surface area contributed by atoms with Crippen LogP contribution in [0.15, 0.2) is 52.2 Å². The Morgan fingerprint density at radius 3 is 2.59 bits per heavy atom. The Balaban J connectivity index is 1.83. The Labute approximate surface area is 126 Å². The van der Waals surface area contributed by atoms with Crippen molar-refractivity contribution in [2.75, 3.05) is 6.54 Å². The number of rotatable bonds is 5. The molecule has 1 heterocycles. The van der Waals surface area contributed by atoms with Crippen molar-refractivity contribution in [3.05, 3.63) is 59.8 Å². The van der Waals surface area contributed by atoms with Gasteiger partial charge in [0, 0.05) is 0 Å². The lowest BCUT2D eigenvalue weighted by molar-refractivity contribution is -0.120. The second kappa shape index (κ2) is 7.16. The van der Waals surface area contributed by atoms with E-state index in [4.69, 9.17) is 4.42 Å². The number of hydrogen-bond acceptors (Lipinski definition) is 4. The van der Waals surface area contributed by atoms with E-state index in [0.717, 1.165) is 0 Å². The number of nitrogens with zero attached hydrogens (tertiary/aromatic N) is 1. The van der Waals surface area contributed by atoms with Crippen LogP contribution in [-0.4, -0.2) is 24.1 Å². The van der Waals surface area contributed by atoms with Crippen LogP contribution in [0.25, 0.3) is 0 Å². The van der Waals surface area contributed by atoms with Crippen molar-refractivity contribution in [3.63, 3.8) is 0 Å². The summed E-state index contributed by atoms with van der Waals surface area (Å²) >= 11 is 0. The van der Waals surface area contributed by atoms with Crippen molar-refractivity contribution in [1.82, 2.24) is 10.7 Å². The number of carbonyl (C=O) groups excluding carboxylic acids is 2. The van der Waals surface area contributed by atoms with Crippen LogP contribution in [0.5, 0.6) is 0 Å². The number of benzene rings is 1. The van der Waals surface area contributed by atoms with Crippen molar-refractivity contribution >= 4 is 17.5 Å². The molecule has 0 spiro atoms. The predicted octanol–water partition coefficient (Wildman–Crippen LogP) is 1.69. The SMILES string of the molecule is CC(=NNC(=O)CNC(=O)c1ccco1)c1ccc(F)cc1. The van der Waals surface area contributed by atoms with Crippen molar-refractivity contribution < 1.29 is 18.4 Å². The molecule has 0 saturated heterocycles. The first-order chi connectivity index (χ1) is 10.6. The Hall–Kier alpha value is -2.96. The average Bonchev–Trinajstić information content (AvgIpc) is 3.05. The standard InChI is InChI=1S/C15H14FN3O3/c1-10(11-4-6-12(16)7-5-11)18-19-14(20)9-17-15(21)13-3-2-8-22-13/h2-8H,9H2,1H3,(H,17,21)(H,19,20). The first-order valence-corrected chi connectivity index (χ1v) is 6.47. The van der Waals surface area contributed by atoms with Crippen LogP contribution in [-0.2, 0) is 4.79 Å². The van der Waals surface area contributed by atoms with E-state index in [2.05, 4.69) is 15.8 Å². The highest BCUT2D eigenvalue weighted by Crippen LogP contribution is 2.03. The minimum atomic E-state index is -0.487. The molecule has 0 aliphatic heterocycles. The molecule has 0 saturated carbocycles. The van der Waals surface area contributed by atoms with Gasteiger partial charge in [0.15, 0.2) is 5.76 Å². The molecule has 0 radical (unpaired) electrons. The van der Waals surface area contributed by atoms with E-state index >= 15 is 0 Å². The van der Waals surface area contributed by atoms with Gasteiger partial charge in [0.25, 0.3) is 11.8 Å². The molecule has 0 aliphatic rings. The lowest BCUT2D eigenvalue weighted by atomic mass is 10.1. The first-order valence-electron chi connectivity index (χ1n) is 6.47. The zero-order chi connectivity index (χ0) is 15.9. The number of hydrogen-bond donors (Lipinski definition) is 2. The Morgan fingerprint density at radius 2 is 1.95 bits per heavy atom. The topological polar surface area (TPSA) is 83.7 Å². The zero-order valence-electron chi connectivity index (χ0n) is 11.8. The molecule has 2 aromatic rings. The molecule has 2 amide bonds. The monoisotopic (exact) mass is 303 g/mol. The smallest absolute Gasteiger partial charge is 0.287 e. The molecule has 6 nitrogen and oxygen atoms in total. The highest BCUT2D eigenvalue weighted by molar-refractivity contribution is 5.99. The summed E-state index contributed by atoms with van der Waals surface area (Å²) < 4.78 is 17.7. The molecule has 22 heavy (non-hydrogen) atoms. The molecule has 1 aromatic heterocycles. The molecule has 2 rings (SSSR count). The molecule has 114 valence electrons. The van der Waals surface area contributed by atoms with Gasteiger partial charge in [-0.05, 0) is 36.8 Å². The molecule has 0 bridgehead atoms. The van der Waals surface area contributed by atoms with Gasteiger partial charge in [-0.3, -0.25) is 9.59 Å². The Kier molecular flexibility index (Phi) is 5.02. The number of hydrazone groups is 1. The quantitative estimate of drug-likeness (QED) is 0.651. The summed E-state index contributed by atoms with van der Waals surface area (Å²) in [5, 5.41) is 6.28. The van der Waals surface area contributed by atoms with Crippen LogP contribution in [0.2, 0.25) is 0 Å². The average molecular weight is 303 g/mol. The van der Waals surface area contributed by atoms with Gasteiger partial charge in [-0.25, -0.2) is 9.82 Å². The summed E-state index contributed by atoms with van der Waals surface area (Å²) in [6.07, 6.45) is 1.37. The number of carbonyl (C=O) groups is 2. The van der Waals surface area contributed by atoms with Crippen LogP contribution < -0.4 is 10.7 Å². The molecule has 2 N–H and O–H groups in total. The maximum absolute atomic E-state index is 12.8. The second-order valence-corrected chi connectivity index (χ2v) is 4.40. The van der Waals surface area contributed by atoms with E-state index < -0.39 is 11.8 Å². The van der Waals surface area contributed by atoms with Gasteiger partial charge >= 0.3 is 0 Å². The lowest BCUT2D eigenvalue weighted by Gasteiger charge is -2.04. The fourth-order valence-corrected chi connectivity index (χ4v) is 1.60. The van der Waals surface area contributed by atoms with Crippen LogP contribution in [0.3, 0.4) is 0 Å². The van der Waals surface area contributed by atoms with Gasteiger partial charge < -0.3 is 9.73 Å². The van der Waals surface area contributed by atoms with Gasteiger partial charge in [-0.2, -0.15) is 5.10 Å². The summed E-state index contributed by atoms with van der Waals surface area (Å²) in [6.45, 7) is 1.44. The molecule has 0 aliphatic carbocycles. The van der Waals surface area contributed by atoms with Crippen LogP contribution in [0, 0.1) is 5.82 Å². The van der Waals surface area contributed by atoms with E-state index in [1.807, 2.05) is 0 Å². The summed E-state index contributed by atoms with van der Waals surface area (Å²) in [5.74, 6) is -1.19. The van der Waals surface area contributed by atoms with Gasteiger partial charge in [-0.1, -0.05) is 12.1 Å². The molecular weight excluding hydrogens is 289 g/mol. The van der Waals surface area contributed by atoms with Crippen molar-refractivity contribution in [2.45, 2.75) is 6.92 Å². The normalized spacial score (nSPS) is 11.1. The highest BCUT2D eigenvalue weighted by atomic mass is 19.1. The van der Waals surface area contributed by atoms with Gasteiger partial charge in [-0.15, -0.1) is 0 Å². The summed E-state index contributed by atoms with van der Waals surface area (Å²) in [6, 6.07) is 8.78. The summed E-state index contributed by atoms with van der Waals surface area (Å²) in [4.78, 5) is 23.1. The fraction of sp³-hybridized carbons (Fsp3) is 0.133. The maximum atomic E-state index is 12.8. The minimum Gasteiger partial charge on any atom is -0.459 e. The number of halogens is 1. The van der Waals surface area contributed by atoms with Crippen LogP contribution in [0.1, 0.15) is 23.0 Å². The third-order valence-electron chi connectivity index (χ3n) is 2.76. The zero-order valence-corrected chi connectivity index (χ0v) is 11.8. The largest absolute Gasteiger partial charge is 0.459 e. The van der Waals surface area contributed by atoms with Gasteiger partial charge in [0.2, 0.25) is 0 Å². The molecule has 1 aromatic carbocycles. The van der Waals surface area contributed by atoms with Gasteiger partial charge in [0.1, 0.15) is 5.82 Å². The van der Waals surface area contributed by atoms with Gasteiger partial charge in [0.05, 0.1) is 18.5 Å². The molecule has 0 atom stereocenters. The van der Waals surface area contributed by atoms with Crippen LogP contribution in [0.4, 0.5) is 4.39 Å². The highest BCUT2D eigenvalue weighted by Gasteiger charge is 2.09. The van der Waals surface area contributed by atoms with E-state index in [-0.39, 0.29) is 18.1 Å². The molecule has 0 unspecified atom stereocenters. The molecule has 0 fully saturated rings. The summed E-state index contributed by atoms with van der Waals surface area (Å²) in [5.41, 5.74) is 3.51. The number of amides is 2. The molecular formula is C15H14FN3O3.